The highest BCUT2D eigenvalue weighted by Gasteiger charge is 2.02. The highest BCUT2D eigenvalue weighted by atomic mass is 16.4. The average Bonchev–Trinajstić information content (AvgIpc) is 3.12. The molecular weight excluding hydrogens is 649 g/mol. The van der Waals surface area contributed by atoms with E-state index in [0.717, 1.165) is 45.9 Å². The number of carboxylic acids is 1. The van der Waals surface area contributed by atoms with E-state index in [9.17, 15) is 9.59 Å². The topological polar surface area (TPSA) is 120 Å². The molecule has 8 heteroatoms. The van der Waals surface area contributed by atoms with Gasteiger partial charge in [0.1, 0.15) is 0 Å². The lowest BCUT2D eigenvalue weighted by molar-refractivity contribution is -0.134. The smallest absolute Gasteiger partial charge is 0.300 e. The zero-order valence-corrected chi connectivity index (χ0v) is 35.0. The van der Waals surface area contributed by atoms with E-state index in [1.807, 2.05) is 0 Å². The molecule has 0 aromatic heterocycles. The summed E-state index contributed by atoms with van der Waals surface area (Å²) in [5.74, 6) is -0.464. The molecule has 0 aromatic carbocycles. The summed E-state index contributed by atoms with van der Waals surface area (Å²) in [4.78, 5) is 33.1. The predicted molar refractivity (Wildman–Crippen MR) is 224 cm³/mol. The van der Waals surface area contributed by atoms with E-state index in [1.54, 1.807) is 0 Å². The van der Waals surface area contributed by atoms with Crippen LogP contribution in [-0.2, 0) is 14.4 Å². The number of hydrogen-bond acceptors (Lipinski definition) is 5. The Balaban J connectivity index is 0. The SMILES string of the molecule is CC(=O)O.CCCCCCCCCCCCCCCCCC(=O)NCCNCCNCCNC(=O)CCCCCCCCCCCCCCCCC. The normalized spacial score (nSPS) is 10.9. The molecule has 0 aliphatic rings. The molecule has 0 atom stereocenters. The van der Waals surface area contributed by atoms with E-state index in [2.05, 4.69) is 35.1 Å². The minimum Gasteiger partial charge on any atom is -0.481 e. The van der Waals surface area contributed by atoms with Crippen molar-refractivity contribution in [3.63, 3.8) is 0 Å². The zero-order chi connectivity index (χ0) is 38.4. The van der Waals surface area contributed by atoms with Gasteiger partial charge in [0.2, 0.25) is 11.8 Å². The second-order valence-electron chi connectivity index (χ2n) is 15.1. The third-order valence-electron chi connectivity index (χ3n) is 9.74. The second kappa shape index (κ2) is 47.4. The van der Waals surface area contributed by atoms with Crippen molar-refractivity contribution in [3.8, 4) is 0 Å². The van der Waals surface area contributed by atoms with Gasteiger partial charge in [-0.3, -0.25) is 14.4 Å². The maximum absolute atomic E-state index is 12.1. The molecule has 0 heterocycles. The highest BCUT2D eigenvalue weighted by Crippen LogP contribution is 2.15. The molecular formula is C44H90N4O4. The molecule has 310 valence electrons. The van der Waals surface area contributed by atoms with Gasteiger partial charge in [0.15, 0.2) is 0 Å². The van der Waals surface area contributed by atoms with Crippen LogP contribution in [0.2, 0.25) is 0 Å². The fourth-order valence-corrected chi connectivity index (χ4v) is 6.50. The van der Waals surface area contributed by atoms with Crippen LogP contribution in [-0.4, -0.2) is 62.2 Å². The lowest BCUT2D eigenvalue weighted by atomic mass is 10.0. The summed E-state index contributed by atoms with van der Waals surface area (Å²) in [7, 11) is 0. The van der Waals surface area contributed by atoms with Gasteiger partial charge >= 0.3 is 0 Å². The van der Waals surface area contributed by atoms with Crippen molar-refractivity contribution in [3.05, 3.63) is 0 Å². The molecule has 0 saturated heterocycles. The van der Waals surface area contributed by atoms with E-state index in [4.69, 9.17) is 9.90 Å². The van der Waals surface area contributed by atoms with Crippen LogP contribution in [0, 0.1) is 0 Å². The molecule has 0 aromatic rings. The van der Waals surface area contributed by atoms with E-state index in [0.29, 0.717) is 25.9 Å². The van der Waals surface area contributed by atoms with Crippen molar-refractivity contribution in [2.75, 3.05) is 39.3 Å². The molecule has 8 nitrogen and oxygen atoms in total. The first-order valence-electron chi connectivity index (χ1n) is 22.6. The summed E-state index contributed by atoms with van der Waals surface area (Å²) in [6.07, 6.45) is 41.8. The van der Waals surface area contributed by atoms with E-state index in [-0.39, 0.29) is 11.8 Å². The molecule has 0 aliphatic carbocycles. The van der Waals surface area contributed by atoms with Crippen molar-refractivity contribution in [1.82, 2.24) is 21.3 Å². The monoisotopic (exact) mass is 739 g/mol. The first-order chi connectivity index (χ1) is 25.4. The number of carbonyl (C=O) groups is 3. The molecule has 0 bridgehead atoms. The number of amides is 2. The third-order valence-corrected chi connectivity index (χ3v) is 9.74. The lowest BCUT2D eigenvalue weighted by Crippen LogP contribution is -2.37. The Morgan fingerprint density at radius 3 is 0.769 bits per heavy atom. The van der Waals surface area contributed by atoms with Gasteiger partial charge in [0.05, 0.1) is 0 Å². The molecule has 0 rings (SSSR count). The van der Waals surface area contributed by atoms with Crippen LogP contribution in [0.5, 0.6) is 0 Å². The number of nitrogens with one attached hydrogen (secondary N) is 4. The number of unbranched alkanes of at least 4 members (excludes halogenated alkanes) is 28. The summed E-state index contributed by atoms with van der Waals surface area (Å²) in [6.45, 7) is 10.3. The molecule has 5 N–H and O–H groups in total. The minimum atomic E-state index is -0.833. The van der Waals surface area contributed by atoms with Gasteiger partial charge in [0, 0.05) is 59.0 Å². The Kier molecular flexibility index (Phi) is 47.7. The predicted octanol–water partition coefficient (Wildman–Crippen LogP) is 11.0. The van der Waals surface area contributed by atoms with Crippen molar-refractivity contribution < 1.29 is 19.5 Å². The number of carboxylic acid groups (broad SMARTS) is 1. The van der Waals surface area contributed by atoms with Gasteiger partial charge in [-0.05, 0) is 12.8 Å². The summed E-state index contributed by atoms with van der Waals surface area (Å²) in [5, 5.41) is 20.2. The lowest BCUT2D eigenvalue weighted by Gasteiger charge is -2.09. The molecule has 0 fully saturated rings. The molecule has 0 aliphatic heterocycles. The number of carbonyl (C=O) groups excluding carboxylic acids is 2. The fourth-order valence-electron chi connectivity index (χ4n) is 6.50. The Hall–Kier alpha value is -1.67. The molecule has 0 spiro atoms. The summed E-state index contributed by atoms with van der Waals surface area (Å²) < 4.78 is 0. The first-order valence-corrected chi connectivity index (χ1v) is 22.6. The van der Waals surface area contributed by atoms with Crippen LogP contribution in [0.15, 0.2) is 0 Å². The largest absolute Gasteiger partial charge is 0.481 e. The van der Waals surface area contributed by atoms with Gasteiger partial charge < -0.3 is 26.4 Å². The molecule has 0 radical (unpaired) electrons. The minimum absolute atomic E-state index is 0.185. The number of rotatable bonds is 41. The van der Waals surface area contributed by atoms with Crippen LogP contribution in [0.3, 0.4) is 0 Å². The van der Waals surface area contributed by atoms with Crippen LogP contribution in [0.1, 0.15) is 226 Å². The second-order valence-corrected chi connectivity index (χ2v) is 15.1. The Labute approximate surface area is 323 Å². The molecule has 2 amide bonds. The standard InChI is InChI=1S/C42H86N4O2.C2H4O2/c1-3-5-7-9-11-13-15-17-19-21-23-25-27-29-31-33-41(47)45-39-37-43-35-36-44-38-40-46-42(48)34-32-30-28-26-24-22-20-18-16-14-12-10-8-6-4-2;1-2(3)4/h43-44H,3-40H2,1-2H3,(H,45,47)(H,46,48);1H3,(H,3,4). The molecule has 0 unspecified atom stereocenters. The van der Waals surface area contributed by atoms with E-state index in [1.165, 1.54) is 180 Å². The maximum atomic E-state index is 12.1. The van der Waals surface area contributed by atoms with Crippen LogP contribution in [0.4, 0.5) is 0 Å². The van der Waals surface area contributed by atoms with Crippen molar-refractivity contribution in [2.24, 2.45) is 0 Å². The van der Waals surface area contributed by atoms with Gasteiger partial charge in [-0.1, -0.05) is 194 Å². The van der Waals surface area contributed by atoms with Gasteiger partial charge in [-0.25, -0.2) is 0 Å². The van der Waals surface area contributed by atoms with Gasteiger partial charge in [-0.15, -0.1) is 0 Å². The first kappa shape index (κ1) is 52.4. The van der Waals surface area contributed by atoms with E-state index < -0.39 is 5.97 Å². The van der Waals surface area contributed by atoms with E-state index >= 15 is 0 Å². The van der Waals surface area contributed by atoms with Crippen molar-refractivity contribution >= 4 is 17.8 Å². The van der Waals surface area contributed by atoms with Crippen molar-refractivity contribution in [1.29, 1.82) is 0 Å². The third kappa shape index (κ3) is 52.7. The van der Waals surface area contributed by atoms with Gasteiger partial charge in [-0.2, -0.15) is 0 Å². The zero-order valence-electron chi connectivity index (χ0n) is 35.0. The Morgan fingerprint density at radius 2 is 0.538 bits per heavy atom. The van der Waals surface area contributed by atoms with Gasteiger partial charge in [0.25, 0.3) is 5.97 Å². The number of aliphatic carboxylic acids is 1. The Bertz CT molecular complexity index is 679. The van der Waals surface area contributed by atoms with Crippen LogP contribution < -0.4 is 21.3 Å². The van der Waals surface area contributed by atoms with Crippen molar-refractivity contribution in [2.45, 2.75) is 226 Å². The van der Waals surface area contributed by atoms with Crippen LogP contribution in [0.25, 0.3) is 0 Å². The quantitative estimate of drug-likeness (QED) is 0.0398. The molecule has 52 heavy (non-hydrogen) atoms. The summed E-state index contributed by atoms with van der Waals surface area (Å²) in [5.41, 5.74) is 0. The highest BCUT2D eigenvalue weighted by molar-refractivity contribution is 5.76. The summed E-state index contributed by atoms with van der Waals surface area (Å²) >= 11 is 0. The van der Waals surface area contributed by atoms with Crippen LogP contribution >= 0.6 is 0 Å². The molecule has 0 saturated carbocycles. The average molecular weight is 739 g/mol. The summed E-state index contributed by atoms with van der Waals surface area (Å²) in [6, 6.07) is 0. The fraction of sp³-hybridized carbons (Fsp3) is 0.932. The Morgan fingerprint density at radius 1 is 0.346 bits per heavy atom. The maximum Gasteiger partial charge on any atom is 0.300 e. The number of hydrogen-bond donors (Lipinski definition) is 5.